The van der Waals surface area contributed by atoms with Crippen molar-refractivity contribution in [1.29, 1.82) is 0 Å². The van der Waals surface area contributed by atoms with Crippen LogP contribution in [0.3, 0.4) is 0 Å². The van der Waals surface area contributed by atoms with Gasteiger partial charge in [0.05, 0.1) is 23.1 Å². The predicted octanol–water partition coefficient (Wildman–Crippen LogP) is 3.61. The van der Waals surface area contributed by atoms with Gasteiger partial charge in [-0.2, -0.15) is 0 Å². The first kappa shape index (κ1) is 17.4. The molecule has 1 N–H and O–H groups in total. The zero-order chi connectivity index (χ0) is 17.6. The highest BCUT2D eigenvalue weighted by molar-refractivity contribution is 8.00. The number of thioether (sulfide) groups is 1. The molecular formula is C18H17F2N3OS. The number of hydrogen-bond donors (Lipinski definition) is 1. The maximum atomic E-state index is 13.5. The molecule has 3 rings (SSSR count). The van der Waals surface area contributed by atoms with Crippen molar-refractivity contribution in [2.24, 2.45) is 0 Å². The van der Waals surface area contributed by atoms with E-state index in [1.54, 1.807) is 6.33 Å². The van der Waals surface area contributed by atoms with E-state index in [-0.39, 0.29) is 16.6 Å². The standard InChI is InChI=1S/C18H17F2N3OS/c19-13-6-7-17(14(20)10-13)25-11-18(24)21-8-3-9-23-12-22-15-4-1-2-5-16(15)23/h1-2,4-7,10,12H,3,8-9,11H2,(H,21,24). The number of benzene rings is 2. The van der Waals surface area contributed by atoms with Crippen LogP contribution in [-0.4, -0.2) is 27.8 Å². The quantitative estimate of drug-likeness (QED) is 0.517. The third kappa shape index (κ3) is 4.57. The number of fused-ring (bicyclic) bond motifs is 1. The van der Waals surface area contributed by atoms with E-state index < -0.39 is 11.6 Å². The van der Waals surface area contributed by atoms with E-state index in [0.717, 1.165) is 41.8 Å². The van der Waals surface area contributed by atoms with Gasteiger partial charge in [0.2, 0.25) is 5.91 Å². The molecule has 0 atom stereocenters. The second kappa shape index (κ2) is 8.11. The van der Waals surface area contributed by atoms with E-state index in [0.29, 0.717) is 6.54 Å². The number of amides is 1. The van der Waals surface area contributed by atoms with Crippen molar-refractivity contribution in [3.05, 3.63) is 60.4 Å². The third-order valence-electron chi connectivity index (χ3n) is 3.68. The molecule has 0 aliphatic rings. The highest BCUT2D eigenvalue weighted by Crippen LogP contribution is 2.22. The fourth-order valence-electron chi connectivity index (χ4n) is 2.45. The monoisotopic (exact) mass is 361 g/mol. The minimum Gasteiger partial charge on any atom is -0.355 e. The van der Waals surface area contributed by atoms with Gasteiger partial charge in [-0.25, -0.2) is 13.8 Å². The number of imidazole rings is 1. The van der Waals surface area contributed by atoms with E-state index in [4.69, 9.17) is 0 Å². The van der Waals surface area contributed by atoms with E-state index in [1.165, 1.54) is 12.1 Å². The number of aryl methyl sites for hydroxylation is 1. The van der Waals surface area contributed by atoms with Crippen molar-refractivity contribution in [3.63, 3.8) is 0 Å². The van der Waals surface area contributed by atoms with Gasteiger partial charge in [0.25, 0.3) is 0 Å². The molecule has 0 bridgehead atoms. The van der Waals surface area contributed by atoms with Crippen LogP contribution >= 0.6 is 11.8 Å². The zero-order valence-corrected chi connectivity index (χ0v) is 14.2. The minimum atomic E-state index is -0.648. The zero-order valence-electron chi connectivity index (χ0n) is 13.4. The number of rotatable bonds is 7. The van der Waals surface area contributed by atoms with Gasteiger partial charge in [-0.05, 0) is 30.7 Å². The summed E-state index contributed by atoms with van der Waals surface area (Å²) < 4.78 is 28.4. The van der Waals surface area contributed by atoms with E-state index in [9.17, 15) is 13.6 Å². The molecule has 3 aromatic rings. The van der Waals surface area contributed by atoms with Crippen LogP contribution in [0.2, 0.25) is 0 Å². The van der Waals surface area contributed by atoms with Crippen LogP contribution in [0.4, 0.5) is 8.78 Å². The highest BCUT2D eigenvalue weighted by Gasteiger charge is 2.08. The molecular weight excluding hydrogens is 344 g/mol. The second-order valence-corrected chi connectivity index (χ2v) is 6.51. The van der Waals surface area contributed by atoms with Crippen molar-refractivity contribution >= 4 is 28.7 Å². The van der Waals surface area contributed by atoms with Crippen LogP contribution in [0.15, 0.2) is 53.7 Å². The average Bonchev–Trinajstić information content (AvgIpc) is 3.01. The molecule has 7 heteroatoms. The summed E-state index contributed by atoms with van der Waals surface area (Å²) in [6.45, 7) is 1.28. The van der Waals surface area contributed by atoms with Gasteiger partial charge in [0.1, 0.15) is 11.6 Å². The molecule has 130 valence electrons. The van der Waals surface area contributed by atoms with Crippen LogP contribution in [0.25, 0.3) is 11.0 Å². The fraction of sp³-hybridized carbons (Fsp3) is 0.222. The van der Waals surface area contributed by atoms with Crippen LogP contribution in [0.1, 0.15) is 6.42 Å². The van der Waals surface area contributed by atoms with Crippen molar-refractivity contribution in [2.45, 2.75) is 17.9 Å². The Hall–Kier alpha value is -2.41. The lowest BCUT2D eigenvalue weighted by molar-refractivity contribution is -0.118. The van der Waals surface area contributed by atoms with E-state index in [1.807, 2.05) is 28.8 Å². The molecule has 0 aliphatic carbocycles. The summed E-state index contributed by atoms with van der Waals surface area (Å²) in [7, 11) is 0. The molecule has 1 heterocycles. The molecule has 4 nitrogen and oxygen atoms in total. The molecule has 0 radical (unpaired) electrons. The van der Waals surface area contributed by atoms with Crippen LogP contribution in [-0.2, 0) is 11.3 Å². The lowest BCUT2D eigenvalue weighted by atomic mass is 10.3. The molecule has 2 aromatic carbocycles. The van der Waals surface area contributed by atoms with Crippen LogP contribution in [0.5, 0.6) is 0 Å². The number of aromatic nitrogens is 2. The summed E-state index contributed by atoms with van der Waals surface area (Å²) in [5.41, 5.74) is 2.01. The first-order valence-corrected chi connectivity index (χ1v) is 8.86. The molecule has 0 saturated carbocycles. The minimum absolute atomic E-state index is 0.0938. The smallest absolute Gasteiger partial charge is 0.230 e. The number of nitrogens with one attached hydrogen (secondary N) is 1. The Labute approximate surface area is 148 Å². The topological polar surface area (TPSA) is 46.9 Å². The summed E-state index contributed by atoms with van der Waals surface area (Å²) in [6.07, 6.45) is 2.56. The van der Waals surface area contributed by atoms with Crippen molar-refractivity contribution < 1.29 is 13.6 Å². The number of halogens is 2. The summed E-state index contributed by atoms with van der Waals surface area (Å²) in [6, 6.07) is 11.2. The maximum Gasteiger partial charge on any atom is 0.230 e. The Bertz CT molecular complexity index is 882. The molecule has 0 spiro atoms. The molecule has 0 aliphatic heterocycles. The highest BCUT2D eigenvalue weighted by atomic mass is 32.2. The van der Waals surface area contributed by atoms with Gasteiger partial charge in [0, 0.05) is 24.1 Å². The Morgan fingerprint density at radius 1 is 1.20 bits per heavy atom. The SMILES string of the molecule is O=C(CSc1ccc(F)cc1F)NCCCn1cnc2ccccc21. The van der Waals surface area contributed by atoms with Crippen LogP contribution < -0.4 is 5.32 Å². The Morgan fingerprint density at radius 3 is 2.88 bits per heavy atom. The number of carbonyl (C=O) groups excluding carboxylic acids is 1. The van der Waals surface area contributed by atoms with Gasteiger partial charge >= 0.3 is 0 Å². The van der Waals surface area contributed by atoms with Gasteiger partial charge < -0.3 is 9.88 Å². The fourth-order valence-corrected chi connectivity index (χ4v) is 3.20. The summed E-state index contributed by atoms with van der Waals surface area (Å²) in [5.74, 6) is -1.36. The Kier molecular flexibility index (Phi) is 5.65. The molecule has 0 fully saturated rings. The molecule has 25 heavy (non-hydrogen) atoms. The van der Waals surface area contributed by atoms with Crippen molar-refractivity contribution in [2.75, 3.05) is 12.3 Å². The Balaban J connectivity index is 1.40. The predicted molar refractivity (Wildman–Crippen MR) is 94.4 cm³/mol. The van der Waals surface area contributed by atoms with Gasteiger partial charge in [-0.3, -0.25) is 4.79 Å². The summed E-state index contributed by atoms with van der Waals surface area (Å²) in [5, 5.41) is 2.80. The lowest BCUT2D eigenvalue weighted by Crippen LogP contribution is -2.26. The summed E-state index contributed by atoms with van der Waals surface area (Å²) in [4.78, 5) is 16.4. The third-order valence-corrected chi connectivity index (χ3v) is 4.73. The lowest BCUT2D eigenvalue weighted by Gasteiger charge is -2.07. The van der Waals surface area contributed by atoms with Crippen molar-refractivity contribution in [1.82, 2.24) is 14.9 Å². The van der Waals surface area contributed by atoms with E-state index >= 15 is 0 Å². The first-order valence-electron chi connectivity index (χ1n) is 7.88. The van der Waals surface area contributed by atoms with Gasteiger partial charge in [-0.1, -0.05) is 12.1 Å². The Morgan fingerprint density at radius 2 is 2.04 bits per heavy atom. The number of carbonyl (C=O) groups is 1. The largest absolute Gasteiger partial charge is 0.355 e. The van der Waals surface area contributed by atoms with E-state index in [2.05, 4.69) is 10.3 Å². The van der Waals surface area contributed by atoms with Gasteiger partial charge in [-0.15, -0.1) is 11.8 Å². The van der Waals surface area contributed by atoms with Gasteiger partial charge in [0.15, 0.2) is 0 Å². The number of para-hydroxylation sites is 2. The van der Waals surface area contributed by atoms with Crippen molar-refractivity contribution in [3.8, 4) is 0 Å². The maximum absolute atomic E-state index is 13.5. The molecule has 1 aromatic heterocycles. The van der Waals surface area contributed by atoms with Crippen LogP contribution in [0, 0.1) is 11.6 Å². The molecule has 1 amide bonds. The summed E-state index contributed by atoms with van der Waals surface area (Å²) >= 11 is 1.05. The first-order chi connectivity index (χ1) is 12.1. The molecule has 0 saturated heterocycles. The average molecular weight is 361 g/mol. The normalized spacial score (nSPS) is 11.0. The molecule has 0 unspecified atom stereocenters. The number of hydrogen-bond acceptors (Lipinski definition) is 3. The number of nitrogens with zero attached hydrogens (tertiary/aromatic N) is 2. The second-order valence-electron chi connectivity index (χ2n) is 5.49.